The number of anilines is 1. The molecule has 3 heterocycles. The van der Waals surface area contributed by atoms with Crippen molar-refractivity contribution < 1.29 is 9.53 Å². The summed E-state index contributed by atoms with van der Waals surface area (Å²) >= 11 is 0. The van der Waals surface area contributed by atoms with E-state index >= 15 is 0 Å². The first kappa shape index (κ1) is 17.3. The van der Waals surface area contributed by atoms with Crippen LogP contribution in [0, 0.1) is 0 Å². The number of hydrogen-bond donors (Lipinski definition) is 2. The number of benzene rings is 1. The lowest BCUT2D eigenvalue weighted by Gasteiger charge is -2.23. The lowest BCUT2D eigenvalue weighted by atomic mass is 9.80. The summed E-state index contributed by atoms with van der Waals surface area (Å²) in [5.41, 5.74) is 8.04. The van der Waals surface area contributed by atoms with Crippen LogP contribution in [0.4, 0.5) is 5.69 Å². The van der Waals surface area contributed by atoms with Crippen LogP contribution < -0.4 is 4.90 Å². The third-order valence-electron chi connectivity index (χ3n) is 7.30. The number of aryl methyl sites for hydroxylation is 2. The van der Waals surface area contributed by atoms with Crippen LogP contribution in [0.15, 0.2) is 18.3 Å². The molecule has 6 rings (SSSR count). The molecule has 0 saturated heterocycles. The molecule has 1 spiro atoms. The maximum atomic E-state index is 13.5. The minimum absolute atomic E-state index is 0.275. The van der Waals surface area contributed by atoms with Crippen LogP contribution in [0.3, 0.4) is 0 Å². The Morgan fingerprint density at radius 2 is 2.03 bits per heavy atom. The number of carbonyl (C=O) groups is 1. The minimum Gasteiger partial charge on any atom is -0.383 e. The molecule has 2 aliphatic carbocycles. The number of aromatic nitrogens is 3. The smallest absolute Gasteiger partial charge is 0.237 e. The molecule has 1 fully saturated rings. The van der Waals surface area contributed by atoms with E-state index in [1.807, 2.05) is 11.1 Å². The Labute approximate surface area is 169 Å². The Hall–Kier alpha value is -2.60. The van der Waals surface area contributed by atoms with Crippen molar-refractivity contribution >= 4 is 22.5 Å². The zero-order valence-electron chi connectivity index (χ0n) is 16.8. The quantitative estimate of drug-likeness (QED) is 0.713. The molecule has 3 aliphatic rings. The van der Waals surface area contributed by atoms with Crippen LogP contribution in [0.2, 0.25) is 0 Å². The molecular formula is C23H26N4O2. The molecule has 1 aromatic carbocycles. The first-order valence-electron chi connectivity index (χ1n) is 10.8. The molecule has 2 N–H and O–H groups in total. The summed E-state index contributed by atoms with van der Waals surface area (Å²) in [7, 11) is 1.70. The maximum Gasteiger partial charge on any atom is 0.237 e. The van der Waals surface area contributed by atoms with Crippen molar-refractivity contribution in [2.24, 2.45) is 0 Å². The van der Waals surface area contributed by atoms with Crippen molar-refractivity contribution in [1.29, 1.82) is 0 Å². The van der Waals surface area contributed by atoms with E-state index in [4.69, 9.17) is 4.74 Å². The van der Waals surface area contributed by atoms with Gasteiger partial charge in [-0.3, -0.25) is 9.89 Å². The van der Waals surface area contributed by atoms with E-state index in [-0.39, 0.29) is 11.3 Å². The average molecular weight is 390 g/mol. The van der Waals surface area contributed by atoms with Crippen LogP contribution in [0.25, 0.3) is 22.3 Å². The zero-order chi connectivity index (χ0) is 19.6. The molecule has 0 bridgehead atoms. The molecule has 1 aliphatic heterocycles. The van der Waals surface area contributed by atoms with Gasteiger partial charge in [-0.1, -0.05) is 12.8 Å². The number of amides is 1. The SMILES string of the molecule is COCCN1C(=O)C2(CCCC2)c2cc3[nH]c4c(c3cc21)CCCc1cn[nH]c1-4. The van der Waals surface area contributed by atoms with Gasteiger partial charge >= 0.3 is 0 Å². The van der Waals surface area contributed by atoms with Crippen LogP contribution >= 0.6 is 0 Å². The predicted octanol–water partition coefficient (Wildman–Crippen LogP) is 3.85. The number of carbonyl (C=O) groups excluding carboxylic acids is 1. The number of H-pyrrole nitrogens is 2. The van der Waals surface area contributed by atoms with E-state index in [9.17, 15) is 4.79 Å². The standard InChI is InChI=1S/C23H26N4O2/c1-29-10-9-27-19-11-16-15-6-4-5-14-13-24-26-20(14)21(15)25-18(16)12-17(19)23(22(27)28)7-2-3-8-23/h11-13,25H,2-10H2,1H3,(H,24,26). The lowest BCUT2D eigenvalue weighted by Crippen LogP contribution is -2.39. The molecule has 150 valence electrons. The highest BCUT2D eigenvalue weighted by Crippen LogP contribution is 2.53. The van der Waals surface area contributed by atoms with E-state index < -0.39 is 0 Å². The van der Waals surface area contributed by atoms with E-state index in [0.29, 0.717) is 13.2 Å². The molecule has 1 amide bonds. The normalized spacial score (nSPS) is 19.6. The molecule has 2 aromatic heterocycles. The molecule has 0 radical (unpaired) electrons. The van der Waals surface area contributed by atoms with Crippen LogP contribution in [0.1, 0.15) is 48.8 Å². The van der Waals surface area contributed by atoms with Gasteiger partial charge in [0.25, 0.3) is 0 Å². The second-order valence-electron chi connectivity index (χ2n) is 8.76. The Bertz CT molecular complexity index is 1120. The molecule has 29 heavy (non-hydrogen) atoms. The number of nitrogens with zero attached hydrogens (tertiary/aromatic N) is 2. The highest BCUT2D eigenvalue weighted by atomic mass is 16.5. The van der Waals surface area contributed by atoms with Gasteiger partial charge in [-0.2, -0.15) is 5.10 Å². The second-order valence-corrected chi connectivity index (χ2v) is 8.76. The summed E-state index contributed by atoms with van der Waals surface area (Å²) in [5, 5.41) is 8.72. The van der Waals surface area contributed by atoms with Crippen molar-refractivity contribution in [2.45, 2.75) is 50.4 Å². The summed E-state index contributed by atoms with van der Waals surface area (Å²) in [6, 6.07) is 4.54. The summed E-state index contributed by atoms with van der Waals surface area (Å²) in [5.74, 6) is 0.275. The molecule has 0 unspecified atom stereocenters. The van der Waals surface area contributed by atoms with Gasteiger partial charge in [0.15, 0.2) is 0 Å². The number of ether oxygens (including phenoxy) is 1. The first-order valence-corrected chi connectivity index (χ1v) is 10.8. The van der Waals surface area contributed by atoms with Crippen molar-refractivity contribution in [3.05, 3.63) is 35.0 Å². The first-order chi connectivity index (χ1) is 14.2. The van der Waals surface area contributed by atoms with Crippen molar-refractivity contribution in [3.63, 3.8) is 0 Å². The van der Waals surface area contributed by atoms with Gasteiger partial charge in [0, 0.05) is 30.2 Å². The average Bonchev–Trinajstić information content (AvgIpc) is 3.48. The highest BCUT2D eigenvalue weighted by molar-refractivity contribution is 6.11. The minimum atomic E-state index is -0.334. The van der Waals surface area contributed by atoms with Gasteiger partial charge in [-0.05, 0) is 60.9 Å². The van der Waals surface area contributed by atoms with Gasteiger partial charge in [-0.15, -0.1) is 0 Å². The second kappa shape index (κ2) is 6.20. The third kappa shape index (κ3) is 2.26. The molecule has 0 atom stereocenters. The summed E-state index contributed by atoms with van der Waals surface area (Å²) in [6.07, 6.45) is 9.31. The van der Waals surface area contributed by atoms with Gasteiger partial charge in [0.2, 0.25) is 5.91 Å². The third-order valence-corrected chi connectivity index (χ3v) is 7.30. The van der Waals surface area contributed by atoms with Gasteiger partial charge in [0.05, 0.1) is 29.6 Å². The molecular weight excluding hydrogens is 364 g/mol. The van der Waals surface area contributed by atoms with Gasteiger partial charge in [-0.25, -0.2) is 0 Å². The number of nitrogens with one attached hydrogen (secondary N) is 2. The highest BCUT2D eigenvalue weighted by Gasteiger charge is 2.52. The molecule has 3 aromatic rings. The summed E-state index contributed by atoms with van der Waals surface area (Å²) < 4.78 is 5.32. The Balaban J connectivity index is 1.58. The summed E-state index contributed by atoms with van der Waals surface area (Å²) in [4.78, 5) is 19.2. The number of hydrogen-bond acceptors (Lipinski definition) is 3. The number of rotatable bonds is 3. The van der Waals surface area contributed by atoms with Crippen LogP contribution in [0.5, 0.6) is 0 Å². The predicted molar refractivity (Wildman–Crippen MR) is 112 cm³/mol. The topological polar surface area (TPSA) is 74.0 Å². The fraction of sp³-hybridized carbons (Fsp3) is 0.478. The van der Waals surface area contributed by atoms with E-state index in [2.05, 4.69) is 27.3 Å². The van der Waals surface area contributed by atoms with Gasteiger partial charge in [0.1, 0.15) is 0 Å². The Morgan fingerprint density at radius 3 is 2.86 bits per heavy atom. The molecule has 6 nitrogen and oxygen atoms in total. The van der Waals surface area contributed by atoms with Crippen molar-refractivity contribution in [3.8, 4) is 11.4 Å². The van der Waals surface area contributed by atoms with Crippen molar-refractivity contribution in [2.75, 3.05) is 25.2 Å². The maximum absolute atomic E-state index is 13.5. The zero-order valence-corrected chi connectivity index (χ0v) is 16.8. The van der Waals surface area contributed by atoms with E-state index in [1.54, 1.807) is 7.11 Å². The summed E-state index contributed by atoms with van der Waals surface area (Å²) in [6.45, 7) is 1.18. The van der Waals surface area contributed by atoms with Crippen LogP contribution in [-0.4, -0.2) is 41.3 Å². The van der Waals surface area contributed by atoms with Crippen molar-refractivity contribution in [1.82, 2.24) is 15.2 Å². The lowest BCUT2D eigenvalue weighted by molar-refractivity contribution is -0.123. The Kier molecular flexibility index (Phi) is 3.69. The molecule has 1 saturated carbocycles. The number of aromatic amines is 2. The Morgan fingerprint density at radius 1 is 1.17 bits per heavy atom. The van der Waals surface area contributed by atoms with Gasteiger partial charge < -0.3 is 14.6 Å². The van der Waals surface area contributed by atoms with E-state index in [1.165, 1.54) is 27.8 Å². The largest absolute Gasteiger partial charge is 0.383 e. The fourth-order valence-corrected chi connectivity index (χ4v) is 5.89. The number of methoxy groups -OCH3 is 1. The van der Waals surface area contributed by atoms with E-state index in [0.717, 1.165) is 61.8 Å². The number of fused-ring (bicyclic) bond motifs is 7. The molecule has 6 heteroatoms. The monoisotopic (exact) mass is 390 g/mol. The van der Waals surface area contributed by atoms with Crippen LogP contribution in [-0.2, 0) is 27.8 Å². The fourth-order valence-electron chi connectivity index (χ4n) is 5.89.